The zero-order valence-electron chi connectivity index (χ0n) is 10.7. The van der Waals surface area contributed by atoms with Gasteiger partial charge in [-0.2, -0.15) is 5.26 Å². The Labute approximate surface area is 106 Å². The zero-order valence-corrected chi connectivity index (χ0v) is 10.7. The van der Waals surface area contributed by atoms with E-state index in [-0.39, 0.29) is 5.91 Å². The molecule has 0 radical (unpaired) electrons. The fraction of sp³-hybridized carbons (Fsp3) is 0.385. The summed E-state index contributed by atoms with van der Waals surface area (Å²) in [5.74, 6) is 0.685. The first-order valence-electron chi connectivity index (χ1n) is 5.64. The number of nitriles is 1. The van der Waals surface area contributed by atoms with Crippen LogP contribution in [-0.2, 0) is 4.79 Å². The lowest BCUT2D eigenvalue weighted by molar-refractivity contribution is -0.127. The fourth-order valence-corrected chi connectivity index (χ4v) is 1.40. The topological polar surface area (TPSA) is 71.3 Å². The summed E-state index contributed by atoms with van der Waals surface area (Å²) in [6, 6.07) is 6.81. The molecule has 18 heavy (non-hydrogen) atoms. The average molecular weight is 248 g/mol. The van der Waals surface area contributed by atoms with Crippen molar-refractivity contribution in [2.75, 3.05) is 13.7 Å². The summed E-state index contributed by atoms with van der Waals surface area (Å²) in [4.78, 5) is 11.5. The van der Waals surface area contributed by atoms with Crippen LogP contribution in [0.1, 0.15) is 19.4 Å². The third kappa shape index (κ3) is 3.39. The standard InChI is InChI=1S/C13H16N2O3/c1-4-15-13(16)9(2)18-11-6-5-10(8-14)7-12(11)17-3/h5-7,9H,4H2,1-3H3,(H,15,16). The van der Waals surface area contributed by atoms with Crippen molar-refractivity contribution < 1.29 is 14.3 Å². The number of methoxy groups -OCH3 is 1. The molecule has 5 nitrogen and oxygen atoms in total. The minimum Gasteiger partial charge on any atom is -0.493 e. The van der Waals surface area contributed by atoms with Crippen molar-refractivity contribution in [1.29, 1.82) is 5.26 Å². The number of hydrogen-bond acceptors (Lipinski definition) is 4. The highest BCUT2D eigenvalue weighted by Gasteiger charge is 2.16. The van der Waals surface area contributed by atoms with Crippen LogP contribution in [0.15, 0.2) is 18.2 Å². The molecule has 0 saturated carbocycles. The second kappa shape index (κ2) is 6.50. The van der Waals surface area contributed by atoms with Gasteiger partial charge in [0, 0.05) is 12.6 Å². The van der Waals surface area contributed by atoms with Gasteiger partial charge in [-0.3, -0.25) is 4.79 Å². The number of nitrogens with one attached hydrogen (secondary N) is 1. The molecule has 0 heterocycles. The maximum absolute atomic E-state index is 11.5. The molecule has 0 aliphatic carbocycles. The Kier molecular flexibility index (Phi) is 5.00. The van der Waals surface area contributed by atoms with Crippen LogP contribution in [0.3, 0.4) is 0 Å². The molecule has 1 aromatic carbocycles. The highest BCUT2D eigenvalue weighted by molar-refractivity contribution is 5.80. The first kappa shape index (κ1) is 13.8. The molecule has 1 rings (SSSR count). The maximum atomic E-state index is 11.5. The number of nitrogens with zero attached hydrogens (tertiary/aromatic N) is 1. The van der Waals surface area contributed by atoms with E-state index in [1.54, 1.807) is 25.1 Å². The zero-order chi connectivity index (χ0) is 13.5. The average Bonchev–Trinajstić information content (AvgIpc) is 2.39. The number of ether oxygens (including phenoxy) is 2. The number of rotatable bonds is 5. The smallest absolute Gasteiger partial charge is 0.260 e. The van der Waals surface area contributed by atoms with E-state index in [1.165, 1.54) is 7.11 Å². The van der Waals surface area contributed by atoms with Gasteiger partial charge in [-0.25, -0.2) is 0 Å². The van der Waals surface area contributed by atoms with Crippen molar-refractivity contribution in [3.05, 3.63) is 23.8 Å². The predicted molar refractivity (Wildman–Crippen MR) is 66.5 cm³/mol. The molecular weight excluding hydrogens is 232 g/mol. The van der Waals surface area contributed by atoms with Crippen molar-refractivity contribution in [1.82, 2.24) is 5.32 Å². The van der Waals surface area contributed by atoms with Crippen molar-refractivity contribution in [2.45, 2.75) is 20.0 Å². The number of benzene rings is 1. The molecule has 1 amide bonds. The third-order valence-electron chi connectivity index (χ3n) is 2.32. The molecule has 1 atom stereocenters. The second-order valence-corrected chi connectivity index (χ2v) is 3.63. The van der Waals surface area contributed by atoms with Crippen LogP contribution in [0.4, 0.5) is 0 Å². The summed E-state index contributed by atoms with van der Waals surface area (Å²) in [6.07, 6.45) is -0.619. The monoisotopic (exact) mass is 248 g/mol. The molecule has 0 fully saturated rings. The van der Waals surface area contributed by atoms with Crippen LogP contribution >= 0.6 is 0 Å². The normalized spacial score (nSPS) is 11.2. The first-order chi connectivity index (χ1) is 8.62. The van der Waals surface area contributed by atoms with Crippen LogP contribution in [0, 0.1) is 11.3 Å². The van der Waals surface area contributed by atoms with Crippen LogP contribution in [-0.4, -0.2) is 25.7 Å². The highest BCUT2D eigenvalue weighted by Crippen LogP contribution is 2.28. The maximum Gasteiger partial charge on any atom is 0.260 e. The van der Waals surface area contributed by atoms with Gasteiger partial charge in [0.2, 0.25) is 0 Å². The Balaban J connectivity index is 2.84. The molecule has 96 valence electrons. The second-order valence-electron chi connectivity index (χ2n) is 3.63. The van der Waals surface area contributed by atoms with E-state index in [9.17, 15) is 4.79 Å². The largest absolute Gasteiger partial charge is 0.493 e. The minimum absolute atomic E-state index is 0.191. The Morgan fingerprint density at radius 3 is 2.78 bits per heavy atom. The number of carbonyl (C=O) groups is 1. The van der Waals surface area contributed by atoms with Crippen LogP contribution in [0.5, 0.6) is 11.5 Å². The minimum atomic E-state index is -0.619. The number of hydrogen-bond donors (Lipinski definition) is 1. The van der Waals surface area contributed by atoms with E-state index < -0.39 is 6.10 Å². The van der Waals surface area contributed by atoms with Gasteiger partial charge < -0.3 is 14.8 Å². The van der Waals surface area contributed by atoms with Crippen molar-refractivity contribution >= 4 is 5.91 Å². The van der Waals surface area contributed by atoms with Gasteiger partial charge in [0.15, 0.2) is 17.6 Å². The molecule has 0 saturated heterocycles. The van der Waals surface area contributed by atoms with Gasteiger partial charge in [0.1, 0.15) is 0 Å². The summed E-state index contributed by atoms with van der Waals surface area (Å²) >= 11 is 0. The lowest BCUT2D eigenvalue weighted by Gasteiger charge is -2.16. The molecule has 1 unspecified atom stereocenters. The van der Waals surface area contributed by atoms with E-state index in [4.69, 9.17) is 14.7 Å². The highest BCUT2D eigenvalue weighted by atomic mass is 16.5. The predicted octanol–water partition coefficient (Wildman–Crippen LogP) is 1.47. The Morgan fingerprint density at radius 1 is 1.50 bits per heavy atom. The molecular formula is C13H16N2O3. The Bertz CT molecular complexity index is 466. The molecule has 0 aliphatic heterocycles. The van der Waals surface area contributed by atoms with Crippen molar-refractivity contribution in [3.63, 3.8) is 0 Å². The molecule has 0 aromatic heterocycles. The summed E-state index contributed by atoms with van der Waals surface area (Å²) in [5, 5.41) is 11.4. The number of likely N-dealkylation sites (N-methyl/N-ethyl adjacent to an activating group) is 1. The molecule has 0 spiro atoms. The lowest BCUT2D eigenvalue weighted by Crippen LogP contribution is -2.36. The van der Waals surface area contributed by atoms with Gasteiger partial charge in [-0.05, 0) is 26.0 Å². The van der Waals surface area contributed by atoms with Crippen molar-refractivity contribution in [2.24, 2.45) is 0 Å². The van der Waals surface area contributed by atoms with Gasteiger partial charge in [-0.1, -0.05) is 0 Å². The van der Waals surface area contributed by atoms with Crippen LogP contribution in [0.25, 0.3) is 0 Å². The Morgan fingerprint density at radius 2 is 2.22 bits per heavy atom. The van der Waals surface area contributed by atoms with Crippen LogP contribution < -0.4 is 14.8 Å². The molecule has 0 aliphatic rings. The molecule has 1 N–H and O–H groups in total. The SMILES string of the molecule is CCNC(=O)C(C)Oc1ccc(C#N)cc1OC. The molecule has 1 aromatic rings. The van der Waals surface area contributed by atoms with E-state index in [2.05, 4.69) is 5.32 Å². The molecule has 5 heteroatoms. The van der Waals surface area contributed by atoms with E-state index in [0.29, 0.717) is 23.6 Å². The quantitative estimate of drug-likeness (QED) is 0.856. The van der Waals surface area contributed by atoms with Gasteiger partial charge in [-0.15, -0.1) is 0 Å². The first-order valence-corrected chi connectivity index (χ1v) is 5.64. The van der Waals surface area contributed by atoms with Gasteiger partial charge >= 0.3 is 0 Å². The van der Waals surface area contributed by atoms with Crippen molar-refractivity contribution in [3.8, 4) is 17.6 Å². The Hall–Kier alpha value is -2.22. The summed E-state index contributed by atoms with van der Waals surface area (Å²) in [7, 11) is 1.49. The summed E-state index contributed by atoms with van der Waals surface area (Å²) in [6.45, 7) is 4.05. The third-order valence-corrected chi connectivity index (χ3v) is 2.32. The van der Waals surface area contributed by atoms with Gasteiger partial charge in [0.05, 0.1) is 18.7 Å². The van der Waals surface area contributed by atoms with Gasteiger partial charge in [0.25, 0.3) is 5.91 Å². The number of carbonyl (C=O) groups excluding carboxylic acids is 1. The number of amides is 1. The van der Waals surface area contributed by atoms with Crippen LogP contribution in [0.2, 0.25) is 0 Å². The lowest BCUT2D eigenvalue weighted by atomic mass is 10.2. The van der Waals surface area contributed by atoms with E-state index in [0.717, 1.165) is 0 Å². The summed E-state index contributed by atoms with van der Waals surface area (Å²) in [5.41, 5.74) is 0.477. The molecule has 0 bridgehead atoms. The van der Waals surface area contributed by atoms with E-state index in [1.807, 2.05) is 13.0 Å². The summed E-state index contributed by atoms with van der Waals surface area (Å²) < 4.78 is 10.6. The fourth-order valence-electron chi connectivity index (χ4n) is 1.40. The van der Waals surface area contributed by atoms with E-state index >= 15 is 0 Å².